The maximum Gasteiger partial charge on any atom is 0.337 e. The summed E-state index contributed by atoms with van der Waals surface area (Å²) in [7, 11) is -3.85. The van der Waals surface area contributed by atoms with Crippen molar-refractivity contribution in [3.05, 3.63) is 59.7 Å². The molecule has 0 aromatic heterocycles. The van der Waals surface area contributed by atoms with Crippen molar-refractivity contribution in [1.82, 2.24) is 4.72 Å². The maximum atomic E-state index is 12.8. The molecule has 3 rings (SSSR count). The minimum absolute atomic E-state index is 0.0270. The maximum absolute atomic E-state index is 12.8. The summed E-state index contributed by atoms with van der Waals surface area (Å²) in [6.07, 6.45) is 5.43. The average Bonchev–Trinajstić information content (AvgIpc) is 2.69. The molecule has 2 aromatic carbocycles. The minimum Gasteiger partial charge on any atom is -0.478 e. The van der Waals surface area contributed by atoms with Crippen LogP contribution in [0.5, 0.6) is 0 Å². The molecule has 3 N–H and O–H groups in total. The second-order valence-corrected chi connectivity index (χ2v) is 8.96. The standard InChI is InChI=1S/C21H26N2O4S/c1-15(16-8-4-2-5-9-16)23-28(26,27)18-12-13-20(19(14-18)21(24)25)22-17-10-6-3-7-11-17/h2,4-5,8-9,12-15,17,22-23H,3,6-7,10-11H2,1H3,(H,24,25)/t15-/m0/s1. The smallest absolute Gasteiger partial charge is 0.337 e. The van der Waals surface area contributed by atoms with E-state index in [1.165, 1.54) is 18.6 Å². The fourth-order valence-electron chi connectivity index (χ4n) is 3.57. The predicted molar refractivity (Wildman–Crippen MR) is 109 cm³/mol. The SMILES string of the molecule is C[C@H](NS(=O)(=O)c1ccc(NC2CCCCC2)c(C(=O)O)c1)c1ccccc1. The van der Waals surface area contributed by atoms with E-state index in [1.807, 2.05) is 30.3 Å². The molecule has 0 spiro atoms. The highest BCUT2D eigenvalue weighted by Gasteiger charge is 2.23. The summed E-state index contributed by atoms with van der Waals surface area (Å²) >= 11 is 0. The van der Waals surface area contributed by atoms with Gasteiger partial charge in [0.05, 0.1) is 10.5 Å². The Kier molecular flexibility index (Phi) is 6.36. The highest BCUT2D eigenvalue weighted by atomic mass is 32.2. The molecule has 0 bridgehead atoms. The molecule has 28 heavy (non-hydrogen) atoms. The normalized spacial score (nSPS) is 16.5. The lowest BCUT2D eigenvalue weighted by molar-refractivity contribution is 0.0697. The Morgan fingerprint density at radius 3 is 2.39 bits per heavy atom. The van der Waals surface area contributed by atoms with Gasteiger partial charge in [-0.25, -0.2) is 17.9 Å². The van der Waals surface area contributed by atoms with Crippen LogP contribution >= 0.6 is 0 Å². The zero-order valence-electron chi connectivity index (χ0n) is 15.9. The van der Waals surface area contributed by atoms with Gasteiger partial charge in [0.15, 0.2) is 0 Å². The summed E-state index contributed by atoms with van der Waals surface area (Å²) in [4.78, 5) is 11.7. The number of carbonyl (C=O) groups is 1. The van der Waals surface area contributed by atoms with Gasteiger partial charge in [-0.3, -0.25) is 0 Å². The van der Waals surface area contributed by atoms with Crippen LogP contribution < -0.4 is 10.0 Å². The first kappa shape index (κ1) is 20.4. The van der Waals surface area contributed by atoms with Gasteiger partial charge in [-0.05, 0) is 43.5 Å². The lowest BCUT2D eigenvalue weighted by Gasteiger charge is -2.25. The van der Waals surface area contributed by atoms with Crippen LogP contribution in [-0.2, 0) is 10.0 Å². The van der Waals surface area contributed by atoms with Crippen LogP contribution in [0.25, 0.3) is 0 Å². The van der Waals surface area contributed by atoms with E-state index in [9.17, 15) is 18.3 Å². The minimum atomic E-state index is -3.85. The van der Waals surface area contributed by atoms with Crippen LogP contribution in [0.4, 0.5) is 5.69 Å². The van der Waals surface area contributed by atoms with E-state index in [0.717, 1.165) is 31.2 Å². The zero-order valence-corrected chi connectivity index (χ0v) is 16.7. The van der Waals surface area contributed by atoms with Crippen molar-refractivity contribution in [3.63, 3.8) is 0 Å². The Hall–Kier alpha value is -2.38. The highest BCUT2D eigenvalue weighted by Crippen LogP contribution is 2.26. The summed E-state index contributed by atoms with van der Waals surface area (Å²) < 4.78 is 28.1. The second kappa shape index (κ2) is 8.75. The topological polar surface area (TPSA) is 95.5 Å². The molecule has 2 aromatic rings. The van der Waals surface area contributed by atoms with E-state index < -0.39 is 22.0 Å². The highest BCUT2D eigenvalue weighted by molar-refractivity contribution is 7.89. The van der Waals surface area contributed by atoms with Gasteiger partial charge in [-0.2, -0.15) is 0 Å². The molecular weight excluding hydrogens is 376 g/mol. The zero-order chi connectivity index (χ0) is 20.1. The third-order valence-corrected chi connectivity index (χ3v) is 6.67. The van der Waals surface area contributed by atoms with Gasteiger partial charge in [-0.15, -0.1) is 0 Å². The number of rotatable bonds is 7. The van der Waals surface area contributed by atoms with Crippen LogP contribution in [0, 0.1) is 0 Å². The van der Waals surface area contributed by atoms with E-state index in [0.29, 0.717) is 5.69 Å². The van der Waals surface area contributed by atoms with Crippen molar-refractivity contribution >= 4 is 21.7 Å². The van der Waals surface area contributed by atoms with Crippen LogP contribution in [0.15, 0.2) is 53.4 Å². The van der Waals surface area contributed by atoms with Crippen LogP contribution in [0.2, 0.25) is 0 Å². The molecular formula is C21H26N2O4S. The first-order valence-corrected chi connectivity index (χ1v) is 11.1. The van der Waals surface area contributed by atoms with Gasteiger partial charge in [-0.1, -0.05) is 49.6 Å². The molecule has 7 heteroatoms. The van der Waals surface area contributed by atoms with Crippen LogP contribution in [-0.4, -0.2) is 25.5 Å². The van der Waals surface area contributed by atoms with Crippen molar-refractivity contribution < 1.29 is 18.3 Å². The fourth-order valence-corrected chi connectivity index (χ4v) is 4.83. The number of sulfonamides is 1. The van der Waals surface area contributed by atoms with Crippen LogP contribution in [0.1, 0.15) is 61.0 Å². The van der Waals surface area contributed by atoms with Crippen molar-refractivity contribution in [3.8, 4) is 0 Å². The molecule has 1 saturated carbocycles. The van der Waals surface area contributed by atoms with Crippen molar-refractivity contribution in [1.29, 1.82) is 0 Å². The number of carboxylic acids is 1. The number of anilines is 1. The molecule has 0 heterocycles. The largest absolute Gasteiger partial charge is 0.478 e. The van der Waals surface area contributed by atoms with Crippen molar-refractivity contribution in [2.24, 2.45) is 0 Å². The van der Waals surface area contributed by atoms with Gasteiger partial charge in [0.25, 0.3) is 0 Å². The second-order valence-electron chi connectivity index (χ2n) is 7.25. The molecule has 6 nitrogen and oxygen atoms in total. The molecule has 1 aliphatic rings. The number of nitrogens with one attached hydrogen (secondary N) is 2. The Morgan fingerprint density at radius 2 is 1.75 bits per heavy atom. The number of hydrogen-bond acceptors (Lipinski definition) is 4. The first-order chi connectivity index (χ1) is 13.4. The lowest BCUT2D eigenvalue weighted by Crippen LogP contribution is -2.27. The van der Waals surface area contributed by atoms with E-state index in [2.05, 4.69) is 10.0 Å². The molecule has 0 amide bonds. The van der Waals surface area contributed by atoms with E-state index in [-0.39, 0.29) is 16.5 Å². The fraction of sp³-hybridized carbons (Fsp3) is 0.381. The molecule has 0 radical (unpaired) electrons. The van der Waals surface area contributed by atoms with Crippen molar-refractivity contribution in [2.45, 2.75) is 56.0 Å². The molecule has 0 unspecified atom stereocenters. The number of hydrogen-bond donors (Lipinski definition) is 3. The number of carboxylic acid groups (broad SMARTS) is 1. The number of aromatic carboxylic acids is 1. The molecule has 0 saturated heterocycles. The summed E-state index contributed by atoms with van der Waals surface area (Å²) in [5, 5.41) is 12.9. The Balaban J connectivity index is 1.82. The van der Waals surface area contributed by atoms with E-state index in [1.54, 1.807) is 13.0 Å². The molecule has 150 valence electrons. The summed E-state index contributed by atoms with van der Waals surface area (Å²) in [5.41, 5.74) is 1.27. The Bertz CT molecular complexity index is 923. The van der Waals surface area contributed by atoms with E-state index >= 15 is 0 Å². The molecule has 1 fully saturated rings. The van der Waals surface area contributed by atoms with Crippen LogP contribution in [0.3, 0.4) is 0 Å². The molecule has 1 atom stereocenters. The van der Waals surface area contributed by atoms with Crippen molar-refractivity contribution in [2.75, 3.05) is 5.32 Å². The van der Waals surface area contributed by atoms with Gasteiger partial charge in [0.1, 0.15) is 0 Å². The summed E-state index contributed by atoms with van der Waals surface area (Å²) in [5.74, 6) is -1.15. The third kappa shape index (κ3) is 4.91. The van der Waals surface area contributed by atoms with Gasteiger partial charge in [0.2, 0.25) is 10.0 Å². The first-order valence-electron chi connectivity index (χ1n) is 9.58. The Morgan fingerprint density at radius 1 is 1.07 bits per heavy atom. The van der Waals surface area contributed by atoms with Gasteiger partial charge >= 0.3 is 5.97 Å². The van der Waals surface area contributed by atoms with E-state index in [4.69, 9.17) is 0 Å². The number of benzene rings is 2. The Labute approximate surface area is 166 Å². The van der Waals surface area contributed by atoms with Gasteiger partial charge in [0, 0.05) is 17.8 Å². The summed E-state index contributed by atoms with van der Waals surface area (Å²) in [6, 6.07) is 13.3. The predicted octanol–water partition coefficient (Wildman–Crippen LogP) is 4.17. The third-order valence-electron chi connectivity index (χ3n) is 5.13. The average molecular weight is 403 g/mol. The molecule has 1 aliphatic carbocycles. The quantitative estimate of drug-likeness (QED) is 0.646. The monoisotopic (exact) mass is 402 g/mol. The lowest BCUT2D eigenvalue weighted by atomic mass is 9.95. The molecule has 0 aliphatic heterocycles. The van der Waals surface area contributed by atoms with Gasteiger partial charge < -0.3 is 10.4 Å². The summed E-state index contributed by atoms with van der Waals surface area (Å²) in [6.45, 7) is 1.75.